The van der Waals surface area contributed by atoms with E-state index in [4.69, 9.17) is 13.9 Å². The molecule has 0 radical (unpaired) electrons. The Morgan fingerprint density at radius 1 is 0.795 bits per heavy atom. The van der Waals surface area contributed by atoms with Crippen molar-refractivity contribution in [2.75, 3.05) is 19.0 Å². The molecule has 1 N–H and O–H groups in total. The predicted molar refractivity (Wildman–Crippen MR) is 153 cm³/mol. The minimum absolute atomic E-state index is 0.418. The Morgan fingerprint density at radius 3 is 2.33 bits per heavy atom. The van der Waals surface area contributed by atoms with E-state index in [1.165, 1.54) is 52.1 Å². The largest absolute Gasteiger partial charge is 0.489 e. The fraction of sp³-hybridized carbons (Fsp3) is 0.250. The van der Waals surface area contributed by atoms with Crippen molar-refractivity contribution >= 4 is 22.5 Å². The van der Waals surface area contributed by atoms with Crippen LogP contribution in [0.25, 0.3) is 22.2 Å². The average molecular weight is 536 g/mol. The Hall–Kier alpha value is -3.81. The molecule has 0 unspecified atom stereocenters. The predicted octanol–water partition coefficient (Wildman–Crippen LogP) is 7.16. The van der Waals surface area contributed by atoms with Gasteiger partial charge < -0.3 is 19.2 Å². The summed E-state index contributed by atoms with van der Waals surface area (Å²) in [7, 11) is 0. The molecule has 7 heteroatoms. The van der Waals surface area contributed by atoms with E-state index in [0.717, 1.165) is 23.5 Å². The van der Waals surface area contributed by atoms with E-state index in [-0.39, 0.29) is 0 Å². The summed E-state index contributed by atoms with van der Waals surface area (Å²) in [6.07, 6.45) is 3.19. The molecule has 0 saturated carbocycles. The molecule has 1 fully saturated rings. The second kappa shape index (κ2) is 10.8. The molecular formula is C32H29N3O3S. The van der Waals surface area contributed by atoms with Crippen molar-refractivity contribution in [3.05, 3.63) is 102 Å². The van der Waals surface area contributed by atoms with Gasteiger partial charge in [0.25, 0.3) is 5.22 Å². The van der Waals surface area contributed by atoms with Gasteiger partial charge in [-0.05, 0) is 64.6 Å². The molecule has 2 aliphatic heterocycles. The number of hydrogen-bond donors (Lipinski definition) is 1. The van der Waals surface area contributed by atoms with Crippen LogP contribution in [-0.2, 0) is 6.42 Å². The van der Waals surface area contributed by atoms with Crippen LogP contribution in [0, 0.1) is 0 Å². The molecule has 1 saturated heterocycles. The third-order valence-electron chi connectivity index (χ3n) is 7.55. The number of nitrogens with one attached hydrogen (secondary N) is 1. The van der Waals surface area contributed by atoms with E-state index in [1.807, 2.05) is 30.3 Å². The molecule has 0 spiro atoms. The van der Waals surface area contributed by atoms with Gasteiger partial charge in [-0.25, -0.2) is 0 Å². The van der Waals surface area contributed by atoms with E-state index in [1.54, 1.807) is 0 Å². The highest BCUT2D eigenvalue weighted by atomic mass is 32.2. The lowest BCUT2D eigenvalue weighted by atomic mass is 9.91. The highest BCUT2D eigenvalue weighted by molar-refractivity contribution is 7.99. The fourth-order valence-corrected chi connectivity index (χ4v) is 6.26. The molecule has 2 atom stereocenters. The number of aromatic nitrogens is 2. The van der Waals surface area contributed by atoms with Gasteiger partial charge in [0.15, 0.2) is 11.5 Å². The average Bonchev–Trinajstić information content (AvgIpc) is 3.73. The number of fused-ring (bicyclic) bond motifs is 6. The molecule has 1 aromatic heterocycles. The third kappa shape index (κ3) is 5.00. The molecule has 2 bridgehead atoms. The lowest BCUT2D eigenvalue weighted by Crippen LogP contribution is -2.08. The minimum Gasteiger partial charge on any atom is -0.489 e. The van der Waals surface area contributed by atoms with Gasteiger partial charge in [-0.3, -0.25) is 0 Å². The summed E-state index contributed by atoms with van der Waals surface area (Å²) in [5, 5.41) is 15.1. The zero-order chi connectivity index (χ0) is 26.0. The highest BCUT2D eigenvalue weighted by Gasteiger charge is 2.37. The molecule has 4 aromatic carbocycles. The maximum Gasteiger partial charge on any atom is 0.276 e. The van der Waals surface area contributed by atoms with Crippen molar-refractivity contribution in [3.63, 3.8) is 0 Å². The van der Waals surface area contributed by atoms with Crippen LogP contribution in [0.3, 0.4) is 0 Å². The Labute approximate surface area is 231 Å². The Kier molecular flexibility index (Phi) is 6.68. The van der Waals surface area contributed by atoms with Gasteiger partial charge in [0.05, 0.1) is 13.2 Å². The second-order valence-corrected chi connectivity index (χ2v) is 11.0. The Balaban J connectivity index is 1.02. The monoisotopic (exact) mass is 535 g/mol. The van der Waals surface area contributed by atoms with Gasteiger partial charge in [-0.1, -0.05) is 72.4 Å². The Morgan fingerprint density at radius 2 is 1.51 bits per heavy atom. The molecule has 0 amide bonds. The number of nitrogens with zero attached hydrogens (tertiary/aromatic N) is 2. The van der Waals surface area contributed by atoms with E-state index in [2.05, 4.69) is 70.1 Å². The molecule has 5 aromatic rings. The zero-order valence-electron chi connectivity index (χ0n) is 21.5. The van der Waals surface area contributed by atoms with Crippen LogP contribution < -0.4 is 14.8 Å². The Bertz CT molecular complexity index is 1600. The normalized spacial score (nSPS) is 17.4. The van der Waals surface area contributed by atoms with Gasteiger partial charge in [-0.2, -0.15) is 0 Å². The molecule has 2 aliphatic rings. The molecule has 7 rings (SSSR count). The van der Waals surface area contributed by atoms with Gasteiger partial charge in [-0.15, -0.1) is 10.2 Å². The van der Waals surface area contributed by atoms with Gasteiger partial charge in [0, 0.05) is 29.8 Å². The van der Waals surface area contributed by atoms with Crippen molar-refractivity contribution in [2.24, 2.45) is 0 Å². The lowest BCUT2D eigenvalue weighted by Gasteiger charge is -2.19. The first-order valence-corrected chi connectivity index (χ1v) is 14.5. The van der Waals surface area contributed by atoms with Crippen LogP contribution in [0.2, 0.25) is 0 Å². The highest BCUT2D eigenvalue weighted by Crippen LogP contribution is 2.48. The summed E-state index contributed by atoms with van der Waals surface area (Å²) < 4.78 is 18.5. The van der Waals surface area contributed by atoms with Crippen molar-refractivity contribution in [1.82, 2.24) is 15.5 Å². The second-order valence-electron chi connectivity index (χ2n) is 9.95. The maximum absolute atomic E-state index is 6.39. The minimum atomic E-state index is 0.418. The fourth-order valence-electron chi connectivity index (χ4n) is 5.68. The van der Waals surface area contributed by atoms with Crippen molar-refractivity contribution in [3.8, 4) is 23.0 Å². The van der Waals surface area contributed by atoms with Crippen LogP contribution in [-0.4, -0.2) is 29.2 Å². The lowest BCUT2D eigenvalue weighted by molar-refractivity contribution is 0.280. The zero-order valence-corrected chi connectivity index (χ0v) is 22.3. The SMILES string of the molecule is c1ccc(-c2nnc(SCCOc3cc4c(cc3OCCc3cccc5ccccc35)[C@@H]3CC[C@H]4N3)o2)cc1. The summed E-state index contributed by atoms with van der Waals surface area (Å²) in [4.78, 5) is 0. The first-order valence-electron chi connectivity index (χ1n) is 13.5. The molecule has 6 nitrogen and oxygen atoms in total. The quantitative estimate of drug-likeness (QED) is 0.150. The first kappa shape index (κ1) is 24.2. The molecule has 196 valence electrons. The van der Waals surface area contributed by atoms with Gasteiger partial charge in [0.2, 0.25) is 5.89 Å². The summed E-state index contributed by atoms with van der Waals surface area (Å²) in [5.74, 6) is 2.84. The summed E-state index contributed by atoms with van der Waals surface area (Å²) in [6.45, 7) is 1.09. The first-order chi connectivity index (χ1) is 19.3. The summed E-state index contributed by atoms with van der Waals surface area (Å²) in [5.41, 5.74) is 4.91. The van der Waals surface area contributed by atoms with E-state index in [0.29, 0.717) is 42.2 Å². The van der Waals surface area contributed by atoms with Crippen LogP contribution in [0.1, 0.15) is 41.6 Å². The molecule has 3 heterocycles. The van der Waals surface area contributed by atoms with E-state index >= 15 is 0 Å². The maximum atomic E-state index is 6.39. The van der Waals surface area contributed by atoms with Crippen LogP contribution in [0.15, 0.2) is 94.6 Å². The number of ether oxygens (including phenoxy) is 2. The molecular weight excluding hydrogens is 506 g/mol. The topological polar surface area (TPSA) is 69.4 Å². The van der Waals surface area contributed by atoms with Crippen LogP contribution in [0.4, 0.5) is 0 Å². The number of hydrogen-bond acceptors (Lipinski definition) is 7. The van der Waals surface area contributed by atoms with Crippen LogP contribution in [0.5, 0.6) is 11.5 Å². The van der Waals surface area contributed by atoms with Gasteiger partial charge in [0.1, 0.15) is 0 Å². The van der Waals surface area contributed by atoms with E-state index < -0.39 is 0 Å². The van der Waals surface area contributed by atoms with E-state index in [9.17, 15) is 0 Å². The van der Waals surface area contributed by atoms with Crippen LogP contribution >= 0.6 is 11.8 Å². The summed E-state index contributed by atoms with van der Waals surface area (Å²) >= 11 is 1.50. The standard InChI is InChI=1S/C32H29N3O3S/c1-2-8-23(9-3-1)31-34-35-32(38-31)39-18-17-37-30-20-26-25(27-13-14-28(26)33-27)19-29(30)36-16-15-22-11-6-10-21-7-4-5-12-24(21)22/h1-12,19-20,27-28,33H,13-18H2/t27-,28+/m0/s1. The third-order valence-corrected chi connectivity index (χ3v) is 8.33. The van der Waals surface area contributed by atoms with Crippen molar-refractivity contribution < 1.29 is 13.9 Å². The van der Waals surface area contributed by atoms with Crippen molar-refractivity contribution in [1.29, 1.82) is 0 Å². The summed E-state index contributed by atoms with van der Waals surface area (Å²) in [6, 6.07) is 30.0. The smallest absolute Gasteiger partial charge is 0.276 e. The van der Waals surface area contributed by atoms with Crippen molar-refractivity contribution in [2.45, 2.75) is 36.6 Å². The molecule has 39 heavy (non-hydrogen) atoms. The number of thioether (sulfide) groups is 1. The number of benzene rings is 4. The number of rotatable bonds is 10. The van der Waals surface area contributed by atoms with Gasteiger partial charge >= 0.3 is 0 Å². The molecule has 0 aliphatic carbocycles.